The van der Waals surface area contributed by atoms with Crippen LogP contribution in [0.3, 0.4) is 0 Å². The molecule has 2 rings (SSSR count). The van der Waals surface area contributed by atoms with E-state index in [1.165, 1.54) is 30.6 Å². The average molecular weight is 304 g/mol. The maximum atomic E-state index is 12.1. The van der Waals surface area contributed by atoms with Gasteiger partial charge in [-0.15, -0.1) is 13.2 Å². The Labute approximate surface area is 117 Å². The van der Waals surface area contributed by atoms with Gasteiger partial charge in [0.1, 0.15) is 11.9 Å². The fourth-order valence-electron chi connectivity index (χ4n) is 1.67. The SMILES string of the molecule is OC(c1cccc(OC(F)(F)F)c1)c1ccncc1Cl. The van der Waals surface area contributed by atoms with Crippen LogP contribution in [0.5, 0.6) is 5.75 Å². The van der Waals surface area contributed by atoms with Gasteiger partial charge in [-0.2, -0.15) is 0 Å². The Balaban J connectivity index is 2.29. The second-order valence-electron chi connectivity index (χ2n) is 3.92. The topological polar surface area (TPSA) is 42.4 Å². The lowest BCUT2D eigenvalue weighted by atomic mass is 10.0. The van der Waals surface area contributed by atoms with Crippen molar-refractivity contribution in [3.63, 3.8) is 0 Å². The molecule has 3 nitrogen and oxygen atoms in total. The molecule has 0 bridgehead atoms. The van der Waals surface area contributed by atoms with Crippen molar-refractivity contribution >= 4 is 11.6 Å². The van der Waals surface area contributed by atoms with E-state index in [2.05, 4.69) is 9.72 Å². The molecule has 7 heteroatoms. The number of alkyl halides is 3. The summed E-state index contributed by atoms with van der Waals surface area (Å²) in [4.78, 5) is 3.77. The number of aromatic nitrogens is 1. The summed E-state index contributed by atoms with van der Waals surface area (Å²) in [6.07, 6.45) is -3.17. The number of hydrogen-bond acceptors (Lipinski definition) is 3. The monoisotopic (exact) mass is 303 g/mol. The van der Waals surface area contributed by atoms with E-state index in [0.717, 1.165) is 12.1 Å². The van der Waals surface area contributed by atoms with E-state index in [1.807, 2.05) is 0 Å². The third-order valence-electron chi connectivity index (χ3n) is 2.51. The van der Waals surface area contributed by atoms with E-state index >= 15 is 0 Å². The van der Waals surface area contributed by atoms with Crippen LogP contribution in [0.15, 0.2) is 42.7 Å². The van der Waals surface area contributed by atoms with Gasteiger partial charge in [-0.05, 0) is 23.8 Å². The number of benzene rings is 1. The normalized spacial score (nSPS) is 13.1. The van der Waals surface area contributed by atoms with Crippen LogP contribution in [0, 0.1) is 0 Å². The lowest BCUT2D eigenvalue weighted by molar-refractivity contribution is -0.274. The van der Waals surface area contributed by atoms with Gasteiger partial charge < -0.3 is 9.84 Å². The van der Waals surface area contributed by atoms with Gasteiger partial charge in [0, 0.05) is 18.0 Å². The van der Waals surface area contributed by atoms with Gasteiger partial charge in [-0.25, -0.2) is 0 Å². The molecule has 0 saturated carbocycles. The van der Waals surface area contributed by atoms with Gasteiger partial charge >= 0.3 is 6.36 Å². The molecule has 106 valence electrons. The quantitative estimate of drug-likeness (QED) is 0.940. The Morgan fingerprint density at radius 1 is 1.25 bits per heavy atom. The number of ether oxygens (including phenoxy) is 1. The summed E-state index contributed by atoms with van der Waals surface area (Å²) in [6.45, 7) is 0. The number of pyridine rings is 1. The molecule has 1 N–H and O–H groups in total. The third kappa shape index (κ3) is 3.61. The molecule has 2 aromatic rings. The first-order valence-corrected chi connectivity index (χ1v) is 5.88. The van der Waals surface area contributed by atoms with Gasteiger partial charge in [0.25, 0.3) is 0 Å². The molecular formula is C13H9ClF3NO2. The summed E-state index contributed by atoms with van der Waals surface area (Å²) in [6, 6.07) is 6.58. The minimum Gasteiger partial charge on any atom is -0.406 e. The summed E-state index contributed by atoms with van der Waals surface area (Å²) < 4.78 is 40.2. The largest absolute Gasteiger partial charge is 0.573 e. The standard InChI is InChI=1S/C13H9ClF3NO2/c14-11-7-18-5-4-10(11)12(19)8-2-1-3-9(6-8)20-13(15,16)17/h1-7,12,19H. The van der Waals surface area contributed by atoms with E-state index in [4.69, 9.17) is 11.6 Å². The molecule has 0 radical (unpaired) electrons. The van der Waals surface area contributed by atoms with Gasteiger partial charge in [0.15, 0.2) is 0 Å². The van der Waals surface area contributed by atoms with Crippen LogP contribution in [0.25, 0.3) is 0 Å². The molecule has 1 aromatic carbocycles. The zero-order valence-corrected chi connectivity index (χ0v) is 10.7. The molecule has 1 unspecified atom stereocenters. The number of hydrogen-bond donors (Lipinski definition) is 1. The van der Waals surface area contributed by atoms with Crippen LogP contribution >= 0.6 is 11.6 Å². The van der Waals surface area contributed by atoms with Crippen LogP contribution in [-0.4, -0.2) is 16.5 Å². The van der Waals surface area contributed by atoms with Crippen LogP contribution in [-0.2, 0) is 0 Å². The number of aliphatic hydroxyl groups excluding tert-OH is 1. The molecule has 0 aliphatic rings. The molecule has 0 amide bonds. The van der Waals surface area contributed by atoms with Crippen LogP contribution in [0.1, 0.15) is 17.2 Å². The first kappa shape index (κ1) is 14.6. The van der Waals surface area contributed by atoms with Crippen LogP contribution in [0.2, 0.25) is 5.02 Å². The molecule has 0 fully saturated rings. The zero-order chi connectivity index (χ0) is 14.8. The van der Waals surface area contributed by atoms with Crippen molar-refractivity contribution in [2.45, 2.75) is 12.5 Å². The third-order valence-corrected chi connectivity index (χ3v) is 2.82. The average Bonchev–Trinajstić information content (AvgIpc) is 2.37. The lowest BCUT2D eigenvalue weighted by Gasteiger charge is -2.15. The van der Waals surface area contributed by atoms with Crippen molar-refractivity contribution in [2.24, 2.45) is 0 Å². The molecule has 20 heavy (non-hydrogen) atoms. The van der Waals surface area contributed by atoms with E-state index in [9.17, 15) is 18.3 Å². The molecule has 1 heterocycles. The first-order valence-electron chi connectivity index (χ1n) is 5.50. The van der Waals surface area contributed by atoms with Crippen molar-refractivity contribution in [1.29, 1.82) is 0 Å². The Hall–Kier alpha value is -1.79. The number of aliphatic hydroxyl groups is 1. The predicted molar refractivity (Wildman–Crippen MR) is 66.4 cm³/mol. The van der Waals surface area contributed by atoms with Crippen molar-refractivity contribution in [2.75, 3.05) is 0 Å². The Morgan fingerprint density at radius 3 is 2.65 bits per heavy atom. The second kappa shape index (κ2) is 5.68. The zero-order valence-electron chi connectivity index (χ0n) is 9.93. The summed E-state index contributed by atoms with van der Waals surface area (Å²) in [5.41, 5.74) is 0.589. The minimum atomic E-state index is -4.78. The van der Waals surface area contributed by atoms with Crippen molar-refractivity contribution < 1.29 is 23.0 Å². The van der Waals surface area contributed by atoms with Crippen molar-refractivity contribution in [3.05, 3.63) is 58.9 Å². The number of rotatable bonds is 3. The second-order valence-corrected chi connectivity index (χ2v) is 4.33. The van der Waals surface area contributed by atoms with Gasteiger partial charge in [-0.3, -0.25) is 4.98 Å². The highest BCUT2D eigenvalue weighted by atomic mass is 35.5. The van der Waals surface area contributed by atoms with E-state index in [0.29, 0.717) is 5.56 Å². The maximum Gasteiger partial charge on any atom is 0.573 e. The van der Waals surface area contributed by atoms with E-state index in [1.54, 1.807) is 0 Å². The Morgan fingerprint density at radius 2 is 2.00 bits per heavy atom. The van der Waals surface area contributed by atoms with Gasteiger partial charge in [0.05, 0.1) is 5.02 Å². The molecule has 1 atom stereocenters. The Bertz CT molecular complexity index is 604. The summed E-state index contributed by atoms with van der Waals surface area (Å²) in [5, 5.41) is 10.4. The van der Waals surface area contributed by atoms with Gasteiger partial charge in [0.2, 0.25) is 0 Å². The highest BCUT2D eigenvalue weighted by molar-refractivity contribution is 6.31. The first-order chi connectivity index (χ1) is 9.37. The van der Waals surface area contributed by atoms with E-state index in [-0.39, 0.29) is 10.6 Å². The van der Waals surface area contributed by atoms with Crippen LogP contribution in [0.4, 0.5) is 13.2 Å². The molecule has 1 aromatic heterocycles. The molecular weight excluding hydrogens is 295 g/mol. The summed E-state index contributed by atoms with van der Waals surface area (Å²) in [5.74, 6) is -0.403. The predicted octanol–water partition coefficient (Wildman–Crippen LogP) is 3.72. The minimum absolute atomic E-state index is 0.224. The molecule has 0 aliphatic carbocycles. The Kier molecular flexibility index (Phi) is 4.15. The number of halogens is 4. The number of nitrogens with zero attached hydrogens (tertiary/aromatic N) is 1. The van der Waals surface area contributed by atoms with Gasteiger partial charge in [-0.1, -0.05) is 23.7 Å². The summed E-state index contributed by atoms with van der Waals surface area (Å²) >= 11 is 5.88. The fraction of sp³-hybridized carbons (Fsp3) is 0.154. The molecule has 0 aliphatic heterocycles. The van der Waals surface area contributed by atoms with Crippen molar-refractivity contribution in [1.82, 2.24) is 4.98 Å². The molecule has 0 saturated heterocycles. The lowest BCUT2D eigenvalue weighted by Crippen LogP contribution is -2.17. The smallest absolute Gasteiger partial charge is 0.406 e. The van der Waals surface area contributed by atoms with Crippen molar-refractivity contribution in [3.8, 4) is 5.75 Å². The fourth-order valence-corrected chi connectivity index (χ4v) is 1.89. The van der Waals surface area contributed by atoms with E-state index < -0.39 is 18.2 Å². The summed E-state index contributed by atoms with van der Waals surface area (Å²) in [7, 11) is 0. The van der Waals surface area contributed by atoms with Crippen LogP contribution < -0.4 is 4.74 Å². The maximum absolute atomic E-state index is 12.1. The highest BCUT2D eigenvalue weighted by Crippen LogP contribution is 2.30. The highest BCUT2D eigenvalue weighted by Gasteiger charge is 2.31. The molecule has 0 spiro atoms.